The molecule has 1 aliphatic carbocycles. The molecule has 0 unspecified atom stereocenters. The Morgan fingerprint density at radius 1 is 1.44 bits per heavy atom. The molecular weight excluding hydrogens is 294 g/mol. The van der Waals surface area contributed by atoms with Crippen molar-refractivity contribution in [1.29, 1.82) is 0 Å². The first-order valence-corrected chi connectivity index (χ1v) is 7.15. The van der Waals surface area contributed by atoms with Crippen molar-refractivity contribution in [2.45, 2.75) is 38.3 Å². The number of hydrogen-bond donors (Lipinski definition) is 2. The summed E-state index contributed by atoms with van der Waals surface area (Å²) < 4.78 is 0.852. The predicted molar refractivity (Wildman–Crippen MR) is 74.0 cm³/mol. The monoisotopic (exact) mass is 311 g/mol. The highest BCUT2D eigenvalue weighted by molar-refractivity contribution is 9.10. The van der Waals surface area contributed by atoms with Gasteiger partial charge in [-0.15, -0.1) is 0 Å². The highest BCUT2D eigenvalue weighted by Crippen LogP contribution is 2.18. The third-order valence-electron chi connectivity index (χ3n) is 2.78. The molecule has 1 amide bonds. The van der Waals surface area contributed by atoms with E-state index in [4.69, 9.17) is 0 Å². The van der Waals surface area contributed by atoms with Gasteiger partial charge >= 0.3 is 0 Å². The molecule has 18 heavy (non-hydrogen) atoms. The maximum atomic E-state index is 11.4. The number of carbonyl (C=O) groups excluding carboxylic acids is 1. The fourth-order valence-electron chi connectivity index (χ4n) is 1.67. The van der Waals surface area contributed by atoms with Gasteiger partial charge in [-0.05, 0) is 53.9 Å². The Morgan fingerprint density at radius 3 is 3.00 bits per heavy atom. The van der Waals surface area contributed by atoms with Crippen molar-refractivity contribution in [2.75, 3.05) is 6.54 Å². The van der Waals surface area contributed by atoms with Crippen molar-refractivity contribution >= 4 is 21.8 Å². The van der Waals surface area contributed by atoms with Crippen LogP contribution < -0.4 is 10.6 Å². The summed E-state index contributed by atoms with van der Waals surface area (Å²) in [5.41, 5.74) is 1.01. The molecule has 1 aromatic heterocycles. The number of carbonyl (C=O) groups is 1. The van der Waals surface area contributed by atoms with Crippen molar-refractivity contribution in [2.24, 2.45) is 0 Å². The second-order valence-corrected chi connectivity index (χ2v) is 5.39. The van der Waals surface area contributed by atoms with Crippen LogP contribution in [0.15, 0.2) is 22.8 Å². The van der Waals surface area contributed by atoms with E-state index in [1.54, 1.807) is 0 Å². The molecule has 1 aromatic rings. The molecule has 5 heteroatoms. The molecule has 0 saturated heterocycles. The molecule has 2 N–H and O–H groups in total. The smallest absolute Gasteiger partial charge is 0.220 e. The van der Waals surface area contributed by atoms with Gasteiger partial charge in [0.1, 0.15) is 4.60 Å². The molecule has 1 fully saturated rings. The first-order valence-electron chi connectivity index (χ1n) is 6.35. The number of nitrogens with one attached hydrogen (secondary N) is 2. The van der Waals surface area contributed by atoms with Gasteiger partial charge in [-0.25, -0.2) is 4.98 Å². The minimum Gasteiger partial charge on any atom is -0.353 e. The number of aromatic nitrogens is 1. The van der Waals surface area contributed by atoms with Gasteiger partial charge in [-0.1, -0.05) is 6.07 Å². The maximum absolute atomic E-state index is 11.4. The molecule has 2 rings (SSSR count). The van der Waals surface area contributed by atoms with E-state index in [9.17, 15) is 4.79 Å². The lowest BCUT2D eigenvalue weighted by Crippen LogP contribution is -2.26. The van der Waals surface area contributed by atoms with Gasteiger partial charge < -0.3 is 10.6 Å². The summed E-state index contributed by atoms with van der Waals surface area (Å²) in [6, 6.07) is 6.33. The highest BCUT2D eigenvalue weighted by atomic mass is 79.9. The molecule has 1 heterocycles. The summed E-state index contributed by atoms with van der Waals surface area (Å²) in [5.74, 6) is 0.180. The van der Waals surface area contributed by atoms with E-state index in [2.05, 4.69) is 31.5 Å². The standard InChI is InChI=1S/C13H18BrN3O/c14-12-4-1-3-11(16-12)9-15-8-2-5-13(18)17-10-6-7-10/h1,3-4,10,15H,2,5-9H2,(H,17,18). The van der Waals surface area contributed by atoms with Crippen LogP contribution in [0.2, 0.25) is 0 Å². The summed E-state index contributed by atoms with van der Waals surface area (Å²) in [6.45, 7) is 1.58. The molecule has 0 spiro atoms. The van der Waals surface area contributed by atoms with E-state index in [1.165, 1.54) is 0 Å². The van der Waals surface area contributed by atoms with Crippen LogP contribution in [0.4, 0.5) is 0 Å². The Labute approximate surface area is 116 Å². The molecule has 0 aliphatic heterocycles. The van der Waals surface area contributed by atoms with E-state index in [1.807, 2.05) is 18.2 Å². The van der Waals surface area contributed by atoms with Gasteiger partial charge in [-0.2, -0.15) is 0 Å². The van der Waals surface area contributed by atoms with Crippen molar-refractivity contribution in [3.63, 3.8) is 0 Å². The van der Waals surface area contributed by atoms with Gasteiger partial charge in [0.25, 0.3) is 0 Å². The largest absolute Gasteiger partial charge is 0.353 e. The van der Waals surface area contributed by atoms with Crippen LogP contribution in [-0.2, 0) is 11.3 Å². The SMILES string of the molecule is O=C(CCCNCc1cccc(Br)n1)NC1CC1. The Balaban J connectivity index is 1.54. The molecule has 0 radical (unpaired) electrons. The third kappa shape index (κ3) is 5.14. The Kier molecular flexibility index (Phi) is 5.13. The second-order valence-electron chi connectivity index (χ2n) is 4.57. The highest BCUT2D eigenvalue weighted by Gasteiger charge is 2.22. The zero-order valence-electron chi connectivity index (χ0n) is 10.3. The molecule has 0 aromatic carbocycles. The fourth-order valence-corrected chi connectivity index (χ4v) is 2.05. The maximum Gasteiger partial charge on any atom is 0.220 e. The lowest BCUT2D eigenvalue weighted by molar-refractivity contribution is -0.121. The number of amides is 1. The minimum absolute atomic E-state index is 0.180. The lowest BCUT2D eigenvalue weighted by Gasteiger charge is -2.05. The van der Waals surface area contributed by atoms with Crippen LogP contribution in [0.1, 0.15) is 31.4 Å². The second kappa shape index (κ2) is 6.85. The molecule has 0 atom stereocenters. The fraction of sp³-hybridized carbons (Fsp3) is 0.538. The van der Waals surface area contributed by atoms with Crippen LogP contribution in [0, 0.1) is 0 Å². The molecule has 0 bridgehead atoms. The zero-order valence-corrected chi connectivity index (χ0v) is 11.9. The van der Waals surface area contributed by atoms with Gasteiger partial charge in [0.2, 0.25) is 5.91 Å². The van der Waals surface area contributed by atoms with E-state index in [0.717, 1.165) is 42.6 Å². The number of pyridine rings is 1. The molecule has 98 valence electrons. The average molecular weight is 312 g/mol. The topological polar surface area (TPSA) is 54.0 Å². The van der Waals surface area contributed by atoms with Crippen LogP contribution >= 0.6 is 15.9 Å². The number of nitrogens with zero attached hydrogens (tertiary/aromatic N) is 1. The Morgan fingerprint density at radius 2 is 2.28 bits per heavy atom. The van der Waals surface area contributed by atoms with Crippen LogP contribution in [0.5, 0.6) is 0 Å². The number of halogens is 1. The van der Waals surface area contributed by atoms with Gasteiger partial charge in [0, 0.05) is 19.0 Å². The van der Waals surface area contributed by atoms with E-state index < -0.39 is 0 Å². The number of hydrogen-bond acceptors (Lipinski definition) is 3. The normalized spacial score (nSPS) is 14.5. The summed E-state index contributed by atoms with van der Waals surface area (Å²) in [7, 11) is 0. The molecular formula is C13H18BrN3O. The summed E-state index contributed by atoms with van der Waals surface area (Å²) in [6.07, 6.45) is 3.78. The quantitative estimate of drug-likeness (QED) is 0.598. The number of rotatable bonds is 7. The van der Waals surface area contributed by atoms with Crippen molar-refractivity contribution < 1.29 is 4.79 Å². The summed E-state index contributed by atoms with van der Waals surface area (Å²) >= 11 is 3.34. The van der Waals surface area contributed by atoms with Crippen LogP contribution in [-0.4, -0.2) is 23.5 Å². The van der Waals surface area contributed by atoms with Crippen LogP contribution in [0.25, 0.3) is 0 Å². The van der Waals surface area contributed by atoms with Gasteiger partial charge in [0.05, 0.1) is 5.69 Å². The zero-order chi connectivity index (χ0) is 12.8. The van der Waals surface area contributed by atoms with Crippen molar-refractivity contribution in [3.8, 4) is 0 Å². The van der Waals surface area contributed by atoms with Crippen LogP contribution in [0.3, 0.4) is 0 Å². The lowest BCUT2D eigenvalue weighted by atomic mass is 10.3. The van der Waals surface area contributed by atoms with E-state index in [-0.39, 0.29) is 5.91 Å². The summed E-state index contributed by atoms with van der Waals surface area (Å²) in [4.78, 5) is 15.7. The molecule has 4 nitrogen and oxygen atoms in total. The van der Waals surface area contributed by atoms with Crippen molar-refractivity contribution in [3.05, 3.63) is 28.5 Å². The molecule has 1 aliphatic rings. The summed E-state index contributed by atoms with van der Waals surface area (Å²) in [5, 5.41) is 6.27. The Bertz CT molecular complexity index is 407. The Hall–Kier alpha value is -0.940. The first-order chi connectivity index (χ1) is 8.74. The van der Waals surface area contributed by atoms with E-state index in [0.29, 0.717) is 12.5 Å². The minimum atomic E-state index is 0.180. The predicted octanol–water partition coefficient (Wildman–Crippen LogP) is 1.99. The average Bonchev–Trinajstić information content (AvgIpc) is 3.12. The molecule has 1 saturated carbocycles. The van der Waals surface area contributed by atoms with E-state index >= 15 is 0 Å². The first kappa shape index (κ1) is 13.5. The van der Waals surface area contributed by atoms with Crippen molar-refractivity contribution in [1.82, 2.24) is 15.6 Å². The van der Waals surface area contributed by atoms with Gasteiger partial charge in [-0.3, -0.25) is 4.79 Å². The van der Waals surface area contributed by atoms with Gasteiger partial charge in [0.15, 0.2) is 0 Å². The third-order valence-corrected chi connectivity index (χ3v) is 3.22.